The van der Waals surface area contributed by atoms with Crippen molar-refractivity contribution in [1.29, 1.82) is 0 Å². The molecule has 1 aromatic rings. The lowest BCUT2D eigenvalue weighted by atomic mass is 9.97. The van der Waals surface area contributed by atoms with Crippen LogP contribution in [0.4, 0.5) is 0 Å². The van der Waals surface area contributed by atoms with E-state index in [2.05, 4.69) is 5.32 Å². The first-order chi connectivity index (χ1) is 11.3. The molecule has 1 aliphatic rings. The highest BCUT2D eigenvalue weighted by Crippen LogP contribution is 2.26. The van der Waals surface area contributed by atoms with Crippen molar-refractivity contribution in [1.82, 2.24) is 5.32 Å². The van der Waals surface area contributed by atoms with Crippen LogP contribution in [0.3, 0.4) is 0 Å². The van der Waals surface area contributed by atoms with Crippen LogP contribution >= 0.6 is 23.2 Å². The van der Waals surface area contributed by atoms with Gasteiger partial charge in [-0.15, -0.1) is 0 Å². The summed E-state index contributed by atoms with van der Waals surface area (Å²) in [6.45, 7) is 0.786. The first-order valence-electron chi connectivity index (χ1n) is 7.28. The van der Waals surface area contributed by atoms with Crippen molar-refractivity contribution >= 4 is 29.1 Å². The first kappa shape index (κ1) is 19.4. The zero-order valence-corrected chi connectivity index (χ0v) is 14.4. The molecule has 0 saturated carbocycles. The highest BCUT2D eigenvalue weighted by molar-refractivity contribution is 6.35. The Morgan fingerprint density at radius 2 is 2.04 bits per heavy atom. The second kappa shape index (κ2) is 8.44. The summed E-state index contributed by atoms with van der Waals surface area (Å²) < 4.78 is 11.1. The zero-order chi connectivity index (χ0) is 17.9. The molecule has 134 valence electrons. The summed E-state index contributed by atoms with van der Waals surface area (Å²) >= 11 is 11.9. The summed E-state index contributed by atoms with van der Waals surface area (Å²) in [6, 6.07) is 3.89. The average molecular weight is 380 g/mol. The number of hydrogen-bond acceptors (Lipinski definition) is 6. The van der Waals surface area contributed by atoms with E-state index in [1.807, 2.05) is 0 Å². The molecule has 1 aromatic carbocycles. The van der Waals surface area contributed by atoms with Crippen molar-refractivity contribution < 1.29 is 29.6 Å². The minimum Gasteiger partial charge on any atom is -0.394 e. The molecule has 4 N–H and O–H groups in total. The van der Waals surface area contributed by atoms with Crippen LogP contribution < -0.4 is 5.32 Å². The Balaban J connectivity index is 2.12. The van der Waals surface area contributed by atoms with E-state index in [4.69, 9.17) is 32.7 Å². The van der Waals surface area contributed by atoms with E-state index in [1.54, 1.807) is 18.2 Å². The SMILES string of the molecule is CC(=O)N[C@@H]1[C@H](OCc2ccc(Cl)cc2Cl)O[C@H](CO)[C@H](O)[C@@H]1O. The predicted octanol–water partition coefficient (Wildman–Crippen LogP) is 0.454. The minimum absolute atomic E-state index is 0.0255. The van der Waals surface area contributed by atoms with Crippen molar-refractivity contribution in [3.63, 3.8) is 0 Å². The van der Waals surface area contributed by atoms with Gasteiger partial charge in [0.15, 0.2) is 6.29 Å². The number of benzene rings is 1. The Morgan fingerprint density at radius 3 is 2.62 bits per heavy atom. The fraction of sp³-hybridized carbons (Fsp3) is 0.533. The molecule has 24 heavy (non-hydrogen) atoms. The quantitative estimate of drug-likeness (QED) is 0.591. The minimum atomic E-state index is -1.36. The summed E-state index contributed by atoms with van der Waals surface area (Å²) in [5.41, 5.74) is 0.632. The molecule has 0 radical (unpaired) electrons. The Morgan fingerprint density at radius 1 is 1.33 bits per heavy atom. The maximum absolute atomic E-state index is 11.3. The molecule has 2 rings (SSSR count). The van der Waals surface area contributed by atoms with Crippen molar-refractivity contribution in [2.24, 2.45) is 0 Å². The maximum atomic E-state index is 11.3. The summed E-state index contributed by atoms with van der Waals surface area (Å²) in [7, 11) is 0. The van der Waals surface area contributed by atoms with Gasteiger partial charge in [-0.1, -0.05) is 29.3 Å². The number of aliphatic hydroxyl groups excluding tert-OH is 3. The highest BCUT2D eigenvalue weighted by atomic mass is 35.5. The summed E-state index contributed by atoms with van der Waals surface area (Å²) in [5, 5.41) is 32.7. The van der Waals surface area contributed by atoms with Gasteiger partial charge >= 0.3 is 0 Å². The lowest BCUT2D eigenvalue weighted by Crippen LogP contribution is -2.64. The van der Waals surface area contributed by atoms with Gasteiger partial charge in [0, 0.05) is 17.0 Å². The van der Waals surface area contributed by atoms with E-state index < -0.39 is 43.2 Å². The summed E-state index contributed by atoms with van der Waals surface area (Å²) in [5.74, 6) is -0.421. The monoisotopic (exact) mass is 379 g/mol. The number of hydrogen-bond donors (Lipinski definition) is 4. The Bertz CT molecular complexity index is 587. The highest BCUT2D eigenvalue weighted by Gasteiger charge is 2.45. The fourth-order valence-corrected chi connectivity index (χ4v) is 2.89. The van der Waals surface area contributed by atoms with Crippen LogP contribution in [0.2, 0.25) is 10.0 Å². The van der Waals surface area contributed by atoms with Crippen molar-refractivity contribution in [3.05, 3.63) is 33.8 Å². The van der Waals surface area contributed by atoms with Crippen LogP contribution in [-0.4, -0.2) is 58.5 Å². The molecule has 1 fully saturated rings. The molecular weight excluding hydrogens is 361 g/mol. The van der Waals surface area contributed by atoms with Crippen LogP contribution in [0, 0.1) is 0 Å². The van der Waals surface area contributed by atoms with E-state index in [1.165, 1.54) is 6.92 Å². The van der Waals surface area contributed by atoms with E-state index in [0.29, 0.717) is 15.6 Å². The summed E-state index contributed by atoms with van der Waals surface area (Å²) in [6.07, 6.45) is -4.82. The average Bonchev–Trinajstić information content (AvgIpc) is 2.52. The molecule has 1 aliphatic heterocycles. The number of carbonyl (C=O) groups excluding carboxylic acids is 1. The van der Waals surface area contributed by atoms with E-state index in [0.717, 1.165) is 0 Å². The number of carbonyl (C=O) groups is 1. The lowest BCUT2D eigenvalue weighted by molar-refractivity contribution is -0.273. The smallest absolute Gasteiger partial charge is 0.217 e. The predicted molar refractivity (Wildman–Crippen MR) is 86.6 cm³/mol. The Hall–Kier alpha value is -0.930. The van der Waals surface area contributed by atoms with Crippen molar-refractivity contribution in [2.75, 3.05) is 6.61 Å². The van der Waals surface area contributed by atoms with Gasteiger partial charge in [-0.3, -0.25) is 4.79 Å². The number of amides is 1. The van der Waals surface area contributed by atoms with Crippen molar-refractivity contribution in [2.45, 2.75) is 44.2 Å². The molecule has 0 unspecified atom stereocenters. The third-order valence-electron chi connectivity index (χ3n) is 3.67. The van der Waals surface area contributed by atoms with Gasteiger partial charge in [-0.2, -0.15) is 0 Å². The molecule has 1 amide bonds. The van der Waals surface area contributed by atoms with Gasteiger partial charge in [0.2, 0.25) is 5.91 Å². The van der Waals surface area contributed by atoms with Gasteiger partial charge in [-0.05, 0) is 17.7 Å². The molecule has 5 atom stereocenters. The van der Waals surface area contributed by atoms with Gasteiger partial charge < -0.3 is 30.1 Å². The first-order valence-corrected chi connectivity index (χ1v) is 8.04. The van der Waals surface area contributed by atoms with Gasteiger partial charge in [0.25, 0.3) is 0 Å². The van der Waals surface area contributed by atoms with Crippen LogP contribution in [0.15, 0.2) is 18.2 Å². The van der Waals surface area contributed by atoms with Gasteiger partial charge in [0.1, 0.15) is 24.4 Å². The lowest BCUT2D eigenvalue weighted by Gasteiger charge is -2.42. The maximum Gasteiger partial charge on any atom is 0.217 e. The number of halogens is 2. The normalized spacial score (nSPS) is 30.2. The second-order valence-electron chi connectivity index (χ2n) is 5.48. The number of nitrogens with one attached hydrogen (secondary N) is 1. The number of rotatable bonds is 5. The topological polar surface area (TPSA) is 108 Å². The molecule has 0 spiro atoms. The van der Waals surface area contributed by atoms with Crippen LogP contribution in [0.5, 0.6) is 0 Å². The largest absolute Gasteiger partial charge is 0.394 e. The fourth-order valence-electron chi connectivity index (χ4n) is 2.42. The zero-order valence-electron chi connectivity index (χ0n) is 12.9. The Kier molecular flexibility index (Phi) is 6.82. The van der Waals surface area contributed by atoms with Gasteiger partial charge in [-0.25, -0.2) is 0 Å². The van der Waals surface area contributed by atoms with E-state index >= 15 is 0 Å². The van der Waals surface area contributed by atoms with Gasteiger partial charge in [0.05, 0.1) is 13.2 Å². The second-order valence-corrected chi connectivity index (χ2v) is 6.32. The number of aliphatic hydroxyl groups is 3. The molecule has 0 aliphatic carbocycles. The molecule has 9 heteroatoms. The van der Waals surface area contributed by atoms with E-state index in [-0.39, 0.29) is 6.61 Å². The molecule has 1 saturated heterocycles. The van der Waals surface area contributed by atoms with Crippen LogP contribution in [0.25, 0.3) is 0 Å². The van der Waals surface area contributed by atoms with E-state index in [9.17, 15) is 20.1 Å². The molecule has 0 aromatic heterocycles. The molecular formula is C15H19Cl2NO6. The number of ether oxygens (including phenoxy) is 2. The van der Waals surface area contributed by atoms with Crippen LogP contribution in [-0.2, 0) is 20.9 Å². The van der Waals surface area contributed by atoms with Crippen LogP contribution in [0.1, 0.15) is 12.5 Å². The molecule has 1 heterocycles. The standard InChI is InChI=1S/C15H19Cl2NO6/c1-7(20)18-12-14(22)13(21)11(5-19)24-15(12)23-6-8-2-3-9(16)4-10(8)17/h2-4,11-15,19,21-22H,5-6H2,1H3,(H,18,20)/t11-,12+,13+,14-,15-/m1/s1. The third kappa shape index (κ3) is 4.58. The van der Waals surface area contributed by atoms with Crippen molar-refractivity contribution in [3.8, 4) is 0 Å². The summed E-state index contributed by atoms with van der Waals surface area (Å²) in [4.78, 5) is 11.3. The Labute approximate surface area is 149 Å². The molecule has 0 bridgehead atoms. The molecule has 7 nitrogen and oxygen atoms in total. The third-order valence-corrected chi connectivity index (χ3v) is 4.26.